The van der Waals surface area contributed by atoms with E-state index in [1.165, 1.54) is 0 Å². The number of carbonyl (C=O) groups excluding carboxylic acids is 1. The summed E-state index contributed by atoms with van der Waals surface area (Å²) in [6.07, 6.45) is 7.33. The molecule has 0 bridgehead atoms. The monoisotopic (exact) mass is 350 g/mol. The topological polar surface area (TPSA) is 59.2 Å². The first-order valence-electron chi connectivity index (χ1n) is 8.21. The van der Waals surface area contributed by atoms with Crippen LogP contribution in [0.3, 0.4) is 0 Å². The van der Waals surface area contributed by atoms with E-state index in [4.69, 9.17) is 11.6 Å². The average Bonchev–Trinajstić information content (AvgIpc) is 3.01. The smallest absolute Gasteiger partial charge is 0.275 e. The Morgan fingerprint density at radius 3 is 2.75 bits per heavy atom. The molecule has 1 aliphatic heterocycles. The van der Waals surface area contributed by atoms with E-state index in [0.717, 1.165) is 44.8 Å². The molecule has 2 aromatic rings. The lowest BCUT2D eigenvalue weighted by Crippen LogP contribution is -2.36. The van der Waals surface area contributed by atoms with Crippen LogP contribution in [0, 0.1) is 0 Å². The van der Waals surface area contributed by atoms with Crippen molar-refractivity contribution in [2.45, 2.75) is 12.8 Å². The molecule has 0 N–H and O–H groups in total. The molecule has 0 atom stereocenters. The van der Waals surface area contributed by atoms with Gasteiger partial charge in [0, 0.05) is 65.3 Å². The third-order valence-corrected chi connectivity index (χ3v) is 4.71. The van der Waals surface area contributed by atoms with E-state index in [-0.39, 0.29) is 5.91 Å². The minimum absolute atomic E-state index is 0.0773. The molecule has 8 heteroatoms. The summed E-state index contributed by atoms with van der Waals surface area (Å²) in [7, 11) is 3.78. The molecular weight excluding hydrogens is 328 g/mol. The number of rotatable bonds is 4. The number of imidazole rings is 1. The molecule has 1 amide bonds. The van der Waals surface area contributed by atoms with Crippen LogP contribution in [0.1, 0.15) is 22.7 Å². The summed E-state index contributed by atoms with van der Waals surface area (Å²) < 4.78 is 3.63. The van der Waals surface area contributed by atoms with Crippen molar-refractivity contribution in [3.63, 3.8) is 0 Å². The summed E-state index contributed by atoms with van der Waals surface area (Å²) in [4.78, 5) is 21.2. The Hall–Kier alpha value is -1.86. The van der Waals surface area contributed by atoms with Crippen molar-refractivity contribution in [3.05, 3.63) is 35.1 Å². The number of aryl methyl sites for hydroxylation is 2. The third kappa shape index (κ3) is 3.79. The maximum Gasteiger partial charge on any atom is 0.275 e. The first-order chi connectivity index (χ1) is 11.5. The van der Waals surface area contributed by atoms with Gasteiger partial charge in [-0.3, -0.25) is 9.48 Å². The van der Waals surface area contributed by atoms with E-state index in [0.29, 0.717) is 17.3 Å². The molecule has 0 spiro atoms. The highest BCUT2D eigenvalue weighted by molar-refractivity contribution is 6.33. The fourth-order valence-electron chi connectivity index (χ4n) is 3.05. The van der Waals surface area contributed by atoms with Gasteiger partial charge in [0.15, 0.2) is 5.69 Å². The van der Waals surface area contributed by atoms with Crippen LogP contribution < -0.4 is 0 Å². The predicted octanol–water partition coefficient (Wildman–Crippen LogP) is 1.20. The van der Waals surface area contributed by atoms with Gasteiger partial charge in [0.1, 0.15) is 5.82 Å². The molecule has 1 saturated heterocycles. The first kappa shape index (κ1) is 17.0. The minimum Gasteiger partial charge on any atom is -0.338 e. The fraction of sp³-hybridized carbons (Fsp3) is 0.562. The van der Waals surface area contributed by atoms with Gasteiger partial charge in [-0.1, -0.05) is 11.6 Å². The molecule has 1 fully saturated rings. The Morgan fingerprint density at radius 1 is 1.25 bits per heavy atom. The zero-order chi connectivity index (χ0) is 17.1. The van der Waals surface area contributed by atoms with Crippen molar-refractivity contribution >= 4 is 17.5 Å². The lowest BCUT2D eigenvalue weighted by atomic mass is 10.3. The van der Waals surface area contributed by atoms with E-state index in [1.54, 1.807) is 17.9 Å². The highest BCUT2D eigenvalue weighted by Crippen LogP contribution is 2.16. The maximum atomic E-state index is 12.6. The van der Waals surface area contributed by atoms with Gasteiger partial charge in [-0.2, -0.15) is 5.10 Å². The van der Waals surface area contributed by atoms with Crippen LogP contribution in [0.4, 0.5) is 0 Å². The van der Waals surface area contributed by atoms with Gasteiger partial charge in [-0.25, -0.2) is 4.98 Å². The molecular formula is C16H23ClN6O. The van der Waals surface area contributed by atoms with Crippen molar-refractivity contribution in [2.75, 3.05) is 32.7 Å². The van der Waals surface area contributed by atoms with Crippen molar-refractivity contribution in [1.29, 1.82) is 0 Å². The summed E-state index contributed by atoms with van der Waals surface area (Å²) in [5.41, 5.74) is 0.348. The molecule has 1 aliphatic rings. The van der Waals surface area contributed by atoms with E-state index in [2.05, 4.69) is 19.5 Å². The molecule has 2 aromatic heterocycles. The van der Waals surface area contributed by atoms with Crippen LogP contribution in [-0.4, -0.2) is 67.8 Å². The number of amides is 1. The largest absolute Gasteiger partial charge is 0.338 e. The molecule has 3 rings (SSSR count). The average molecular weight is 351 g/mol. The highest BCUT2D eigenvalue weighted by Gasteiger charge is 2.24. The number of nitrogens with zero attached hydrogens (tertiary/aromatic N) is 6. The van der Waals surface area contributed by atoms with Gasteiger partial charge in [-0.15, -0.1) is 0 Å². The van der Waals surface area contributed by atoms with Gasteiger partial charge in [0.05, 0.1) is 5.02 Å². The zero-order valence-electron chi connectivity index (χ0n) is 14.2. The van der Waals surface area contributed by atoms with Crippen molar-refractivity contribution in [1.82, 2.24) is 29.1 Å². The number of hydrogen-bond donors (Lipinski definition) is 0. The summed E-state index contributed by atoms with van der Waals surface area (Å²) in [6.45, 7) is 4.25. The SMILES string of the molecule is Cn1cc(Cl)c(C(=O)N2CCCN(CCc3nccn3C)CC2)n1. The molecule has 7 nitrogen and oxygen atoms in total. The Kier molecular flexibility index (Phi) is 5.20. The minimum atomic E-state index is -0.0773. The second-order valence-electron chi connectivity index (χ2n) is 6.19. The van der Waals surface area contributed by atoms with E-state index >= 15 is 0 Å². The van der Waals surface area contributed by atoms with Gasteiger partial charge in [-0.05, 0) is 13.0 Å². The van der Waals surface area contributed by atoms with Crippen LogP contribution in [0.2, 0.25) is 5.02 Å². The van der Waals surface area contributed by atoms with Crippen molar-refractivity contribution < 1.29 is 4.79 Å². The Balaban J connectivity index is 1.56. The van der Waals surface area contributed by atoms with Gasteiger partial charge in [0.2, 0.25) is 0 Å². The van der Waals surface area contributed by atoms with Crippen molar-refractivity contribution in [3.8, 4) is 0 Å². The van der Waals surface area contributed by atoms with Crippen LogP contribution in [0.25, 0.3) is 0 Å². The summed E-state index contributed by atoms with van der Waals surface area (Å²) >= 11 is 6.10. The predicted molar refractivity (Wildman–Crippen MR) is 92.1 cm³/mol. The second kappa shape index (κ2) is 7.36. The normalized spacial score (nSPS) is 16.4. The lowest BCUT2D eigenvalue weighted by Gasteiger charge is -2.21. The Bertz CT molecular complexity index is 709. The number of halogens is 1. The van der Waals surface area contributed by atoms with Crippen LogP contribution >= 0.6 is 11.6 Å². The van der Waals surface area contributed by atoms with Crippen LogP contribution in [-0.2, 0) is 20.5 Å². The molecule has 130 valence electrons. The second-order valence-corrected chi connectivity index (χ2v) is 6.60. The summed E-state index contributed by atoms with van der Waals surface area (Å²) in [5.74, 6) is 1.01. The number of aromatic nitrogens is 4. The summed E-state index contributed by atoms with van der Waals surface area (Å²) in [6, 6.07) is 0. The van der Waals surface area contributed by atoms with E-state index in [9.17, 15) is 4.79 Å². The van der Waals surface area contributed by atoms with E-state index < -0.39 is 0 Å². The quantitative estimate of drug-likeness (QED) is 0.831. The van der Waals surface area contributed by atoms with E-state index in [1.807, 2.05) is 24.3 Å². The van der Waals surface area contributed by atoms with Crippen molar-refractivity contribution in [2.24, 2.45) is 14.1 Å². The summed E-state index contributed by atoms with van der Waals surface area (Å²) in [5, 5.41) is 4.60. The Morgan fingerprint density at radius 2 is 2.08 bits per heavy atom. The molecule has 3 heterocycles. The molecule has 0 radical (unpaired) electrons. The zero-order valence-corrected chi connectivity index (χ0v) is 14.9. The van der Waals surface area contributed by atoms with Crippen LogP contribution in [0.15, 0.2) is 18.6 Å². The first-order valence-corrected chi connectivity index (χ1v) is 8.59. The fourth-order valence-corrected chi connectivity index (χ4v) is 3.31. The maximum absolute atomic E-state index is 12.6. The number of carbonyl (C=O) groups is 1. The lowest BCUT2D eigenvalue weighted by molar-refractivity contribution is 0.0755. The third-order valence-electron chi connectivity index (χ3n) is 4.44. The molecule has 24 heavy (non-hydrogen) atoms. The standard InChI is InChI=1S/C16H23ClN6O/c1-20-9-5-18-14(20)4-8-22-6-3-7-23(11-10-22)16(24)15-13(17)12-21(2)19-15/h5,9,12H,3-4,6-8,10-11H2,1-2H3. The number of hydrogen-bond acceptors (Lipinski definition) is 4. The van der Waals surface area contributed by atoms with Crippen LogP contribution in [0.5, 0.6) is 0 Å². The Labute approximate surface area is 146 Å². The molecule has 0 aromatic carbocycles. The molecule has 0 saturated carbocycles. The van der Waals surface area contributed by atoms with Gasteiger partial charge < -0.3 is 14.4 Å². The van der Waals surface area contributed by atoms with Gasteiger partial charge >= 0.3 is 0 Å². The molecule has 0 aliphatic carbocycles. The molecule has 0 unspecified atom stereocenters. The highest BCUT2D eigenvalue weighted by atomic mass is 35.5. The van der Waals surface area contributed by atoms with Gasteiger partial charge in [0.25, 0.3) is 5.91 Å².